The van der Waals surface area contributed by atoms with E-state index in [1.54, 1.807) is 0 Å². The van der Waals surface area contributed by atoms with Crippen LogP contribution in [0.25, 0.3) is 0 Å². The summed E-state index contributed by atoms with van der Waals surface area (Å²) in [5.74, 6) is 0. The van der Waals surface area contributed by atoms with Crippen LogP contribution in [0.2, 0.25) is 0 Å². The molecule has 0 spiro atoms. The Balaban J connectivity index is 0. The van der Waals surface area contributed by atoms with Gasteiger partial charge in [0.15, 0.2) is 0 Å². The van der Waals surface area contributed by atoms with Gasteiger partial charge in [-0.05, 0) is 18.5 Å². The fourth-order valence-electron chi connectivity index (χ4n) is 0.671. The van der Waals surface area contributed by atoms with Crippen molar-refractivity contribution < 1.29 is 22.4 Å². The van der Waals surface area contributed by atoms with Crippen LogP contribution >= 0.6 is 7.92 Å². The molecule has 2 heteroatoms. The van der Waals surface area contributed by atoms with Crippen molar-refractivity contribution >= 4 is 7.92 Å². The molecule has 0 aliphatic carbocycles. The molecular weight excluding hydrogens is 211 g/mol. The molecule has 0 aliphatic rings. The first kappa shape index (κ1) is 11.9. The van der Waals surface area contributed by atoms with Crippen molar-refractivity contribution in [3.63, 3.8) is 0 Å². The van der Waals surface area contributed by atoms with E-state index in [2.05, 4.69) is 20.8 Å². The molecule has 0 N–H and O–H groups in total. The minimum atomic E-state index is 0. The van der Waals surface area contributed by atoms with Crippen LogP contribution in [0.15, 0.2) is 0 Å². The second-order valence-electron chi connectivity index (χ2n) is 1.62. The van der Waals surface area contributed by atoms with Crippen LogP contribution in [0.3, 0.4) is 0 Å². The molecule has 0 aromatic carbocycles. The van der Waals surface area contributed by atoms with Crippen molar-refractivity contribution in [3.05, 3.63) is 0 Å². The summed E-state index contributed by atoms with van der Waals surface area (Å²) in [6.45, 7) is 6.87. The summed E-state index contributed by atoms with van der Waals surface area (Å²) in [6.07, 6.45) is 4.26. The third kappa shape index (κ3) is 5.31. The number of hydrogen-bond donors (Lipinski definition) is 0. The maximum absolute atomic E-state index is 2.29. The molecule has 8 heavy (non-hydrogen) atoms. The first-order valence-electron chi connectivity index (χ1n) is 3.07. The standard InChI is InChI=1S/C6H15P.Ag/c1-4-7(5-2)6-3;/h4-6H2,1-3H3;/q;+1. The fraction of sp³-hybridized carbons (Fsp3) is 1.00. The van der Waals surface area contributed by atoms with Crippen molar-refractivity contribution in [1.29, 1.82) is 0 Å². The van der Waals surface area contributed by atoms with Crippen LogP contribution in [-0.4, -0.2) is 18.5 Å². The van der Waals surface area contributed by atoms with Gasteiger partial charge in [-0.2, -0.15) is 0 Å². The van der Waals surface area contributed by atoms with Gasteiger partial charge in [0, 0.05) is 0 Å². The van der Waals surface area contributed by atoms with E-state index in [1.807, 2.05) is 0 Å². The van der Waals surface area contributed by atoms with Crippen LogP contribution in [0, 0.1) is 0 Å². The van der Waals surface area contributed by atoms with Gasteiger partial charge in [0.1, 0.15) is 0 Å². The molecule has 0 radical (unpaired) electrons. The van der Waals surface area contributed by atoms with Gasteiger partial charge in [0.05, 0.1) is 0 Å². The molecule has 0 aromatic rings. The summed E-state index contributed by atoms with van der Waals surface area (Å²) in [4.78, 5) is 0. The fourth-order valence-corrected chi connectivity index (χ4v) is 2.01. The zero-order valence-electron chi connectivity index (χ0n) is 5.87. The summed E-state index contributed by atoms with van der Waals surface area (Å²) in [7, 11) is 0.446. The van der Waals surface area contributed by atoms with E-state index in [4.69, 9.17) is 0 Å². The Hall–Kier alpha value is 1.17. The third-order valence-electron chi connectivity index (χ3n) is 1.34. The monoisotopic (exact) mass is 225 g/mol. The summed E-state index contributed by atoms with van der Waals surface area (Å²) in [6, 6.07) is 0. The SMILES string of the molecule is CCP(CC)CC.[Ag+]. The second kappa shape index (κ2) is 8.17. The van der Waals surface area contributed by atoms with Crippen molar-refractivity contribution in [1.82, 2.24) is 0 Å². The second-order valence-corrected chi connectivity index (χ2v) is 4.86. The van der Waals surface area contributed by atoms with E-state index in [1.165, 1.54) is 18.5 Å². The molecule has 0 atom stereocenters. The molecule has 0 rings (SSSR count). The van der Waals surface area contributed by atoms with Crippen LogP contribution in [0.5, 0.6) is 0 Å². The number of rotatable bonds is 3. The van der Waals surface area contributed by atoms with E-state index in [0.29, 0.717) is 7.92 Å². The first-order valence-corrected chi connectivity index (χ1v) is 4.97. The maximum atomic E-state index is 2.29. The molecule has 0 saturated carbocycles. The minimum Gasteiger partial charge on any atom is -0.108 e. The van der Waals surface area contributed by atoms with Crippen LogP contribution < -0.4 is 0 Å². The molecule has 0 unspecified atom stereocenters. The summed E-state index contributed by atoms with van der Waals surface area (Å²) in [5, 5.41) is 0. The Morgan fingerprint density at radius 2 is 1.12 bits per heavy atom. The van der Waals surface area contributed by atoms with Crippen LogP contribution in [-0.2, 0) is 22.4 Å². The van der Waals surface area contributed by atoms with Crippen LogP contribution in [0.1, 0.15) is 20.8 Å². The zero-order valence-corrected chi connectivity index (χ0v) is 8.25. The summed E-state index contributed by atoms with van der Waals surface area (Å²) >= 11 is 0. The molecule has 0 aliphatic heterocycles. The van der Waals surface area contributed by atoms with E-state index in [-0.39, 0.29) is 22.4 Å². The Labute approximate surface area is 69.7 Å². The Morgan fingerprint density at radius 3 is 1.12 bits per heavy atom. The van der Waals surface area contributed by atoms with Gasteiger partial charge in [-0.25, -0.2) is 0 Å². The van der Waals surface area contributed by atoms with Crippen molar-refractivity contribution in [3.8, 4) is 0 Å². The first-order chi connectivity index (χ1) is 3.35. The van der Waals surface area contributed by atoms with Gasteiger partial charge >= 0.3 is 22.4 Å². The molecule has 0 saturated heterocycles. The predicted octanol–water partition coefficient (Wildman–Crippen LogP) is 2.53. The molecule has 54 valence electrons. The van der Waals surface area contributed by atoms with Gasteiger partial charge in [-0.3, -0.25) is 0 Å². The predicted molar refractivity (Wildman–Crippen MR) is 38.5 cm³/mol. The van der Waals surface area contributed by atoms with Crippen LogP contribution in [0.4, 0.5) is 0 Å². The molecule has 0 fully saturated rings. The van der Waals surface area contributed by atoms with Gasteiger partial charge in [-0.1, -0.05) is 20.8 Å². The van der Waals surface area contributed by atoms with E-state index < -0.39 is 0 Å². The van der Waals surface area contributed by atoms with E-state index >= 15 is 0 Å². The van der Waals surface area contributed by atoms with Crippen molar-refractivity contribution in [2.24, 2.45) is 0 Å². The molecule has 0 nitrogen and oxygen atoms in total. The molecule has 0 heterocycles. The molecule has 0 bridgehead atoms. The van der Waals surface area contributed by atoms with E-state index in [0.717, 1.165) is 0 Å². The van der Waals surface area contributed by atoms with Gasteiger partial charge in [0.25, 0.3) is 0 Å². The zero-order chi connectivity index (χ0) is 5.70. The van der Waals surface area contributed by atoms with Crippen molar-refractivity contribution in [2.45, 2.75) is 20.8 Å². The van der Waals surface area contributed by atoms with Gasteiger partial charge in [0.2, 0.25) is 0 Å². The van der Waals surface area contributed by atoms with E-state index in [9.17, 15) is 0 Å². The molecular formula is C6H15AgP+. The Kier molecular flexibility index (Phi) is 12.2. The summed E-state index contributed by atoms with van der Waals surface area (Å²) in [5.41, 5.74) is 0. The summed E-state index contributed by atoms with van der Waals surface area (Å²) < 4.78 is 0. The Bertz CT molecular complexity index is 30.0. The molecule has 0 aromatic heterocycles. The molecule has 0 amide bonds. The average molecular weight is 226 g/mol. The number of hydrogen-bond acceptors (Lipinski definition) is 0. The third-order valence-corrected chi connectivity index (χ3v) is 4.02. The smallest absolute Gasteiger partial charge is 0.108 e. The minimum absolute atomic E-state index is 0. The topological polar surface area (TPSA) is 0 Å². The van der Waals surface area contributed by atoms with Gasteiger partial charge < -0.3 is 0 Å². The quantitative estimate of drug-likeness (QED) is 0.512. The average Bonchev–Trinajstić information content (AvgIpc) is 1.72. The van der Waals surface area contributed by atoms with Crippen molar-refractivity contribution in [2.75, 3.05) is 18.5 Å². The Morgan fingerprint density at radius 1 is 0.875 bits per heavy atom. The largest absolute Gasteiger partial charge is 1.00 e. The normalized spacial score (nSPS) is 9.00. The maximum Gasteiger partial charge on any atom is 1.00 e. The van der Waals surface area contributed by atoms with Gasteiger partial charge in [-0.15, -0.1) is 7.92 Å².